The quantitative estimate of drug-likeness (QED) is 0.204. The van der Waals surface area contributed by atoms with E-state index < -0.39 is 25.8 Å². The Labute approximate surface area is 231 Å². The van der Waals surface area contributed by atoms with Crippen LogP contribution in [0.15, 0.2) is 121 Å². The molecule has 0 heterocycles. The summed E-state index contributed by atoms with van der Waals surface area (Å²) < 4.78 is 1.20. The number of halogens is 2. The first-order chi connectivity index (χ1) is 15.9. The zero-order valence-electron chi connectivity index (χ0n) is 18.7. The van der Waals surface area contributed by atoms with Crippen LogP contribution in [0.2, 0.25) is 0 Å². The molecule has 0 saturated carbocycles. The second kappa shape index (κ2) is 11.4. The minimum atomic E-state index is -2.26. The molecule has 0 bridgehead atoms. The summed E-state index contributed by atoms with van der Waals surface area (Å²) in [5, 5.41) is 3.15. The molecule has 2 atom stereocenters. The fraction of sp³-hybridized carbons (Fsp3) is 0.0667. The summed E-state index contributed by atoms with van der Waals surface area (Å²) in [6.45, 7) is 0. The topological polar surface area (TPSA) is 0 Å². The van der Waals surface area contributed by atoms with Crippen molar-refractivity contribution < 1.29 is 20.4 Å². The van der Waals surface area contributed by atoms with Gasteiger partial charge in [0, 0.05) is 0 Å². The van der Waals surface area contributed by atoms with E-state index in [1.54, 1.807) is 21.5 Å². The van der Waals surface area contributed by atoms with Gasteiger partial charge in [0.25, 0.3) is 0 Å². The van der Waals surface area contributed by atoms with E-state index in [9.17, 15) is 0 Å². The predicted molar refractivity (Wildman–Crippen MR) is 155 cm³/mol. The van der Waals surface area contributed by atoms with Gasteiger partial charge in [-0.05, 0) is 0 Å². The van der Waals surface area contributed by atoms with Crippen LogP contribution in [-0.4, -0.2) is 5.43 Å². The fourth-order valence-electron chi connectivity index (χ4n) is 5.26. The van der Waals surface area contributed by atoms with E-state index in [1.165, 1.54) is 11.1 Å². The molecule has 2 aliphatic rings. The Hall–Kier alpha value is -1.58. The van der Waals surface area contributed by atoms with Gasteiger partial charge < -0.3 is 0 Å². The van der Waals surface area contributed by atoms with Gasteiger partial charge in [0.2, 0.25) is 0 Å². The molecule has 0 nitrogen and oxygen atoms in total. The van der Waals surface area contributed by atoms with Crippen LogP contribution in [0.4, 0.5) is 0 Å². The third kappa shape index (κ3) is 4.75. The molecule has 34 heavy (non-hydrogen) atoms. The molecule has 6 rings (SSSR count). The Morgan fingerprint density at radius 3 is 1.29 bits per heavy atom. The Kier molecular flexibility index (Phi) is 8.58. The van der Waals surface area contributed by atoms with Crippen molar-refractivity contribution in [2.75, 3.05) is 0 Å². The van der Waals surface area contributed by atoms with Gasteiger partial charge in [0.1, 0.15) is 0 Å². The normalized spacial score (nSPS) is 16.7. The zero-order chi connectivity index (χ0) is 21.3. The van der Waals surface area contributed by atoms with Crippen molar-refractivity contribution in [1.29, 1.82) is 0 Å². The molecule has 4 heteroatoms. The summed E-state index contributed by atoms with van der Waals surface area (Å²) in [6.07, 6.45) is 9.90. The van der Waals surface area contributed by atoms with Crippen molar-refractivity contribution in [1.82, 2.24) is 0 Å². The van der Waals surface area contributed by atoms with E-state index >= 15 is 0 Å². The molecule has 0 N–H and O–H groups in total. The van der Waals surface area contributed by atoms with E-state index in [0.717, 1.165) is 0 Å². The summed E-state index contributed by atoms with van der Waals surface area (Å²) in [5.41, 5.74) is 5.08. The average Bonchev–Trinajstić information content (AvgIpc) is 3.48. The molecule has 4 aromatic rings. The van der Waals surface area contributed by atoms with Crippen LogP contribution < -0.4 is 10.4 Å². The first-order valence-electron chi connectivity index (χ1n) is 11.3. The van der Waals surface area contributed by atoms with Crippen molar-refractivity contribution in [3.63, 3.8) is 0 Å². The van der Waals surface area contributed by atoms with Crippen LogP contribution >= 0.6 is 34.0 Å². The number of hydrogen-bond donors (Lipinski definition) is 0. The zero-order valence-corrected chi connectivity index (χ0v) is 25.6. The maximum atomic E-state index is 2.56. The van der Waals surface area contributed by atoms with Crippen molar-refractivity contribution in [3.8, 4) is 0 Å². The standard InChI is InChI=1S/C12H10Si.2C9H7.2BrH.Zr/c1-3-7-11(8-4-1)13-12-9-5-2-6-10-12;2*1-2-5-9-7-3-6-8(9)4-1;;;/h1-10H;2*1-7H;2*1H;. The van der Waals surface area contributed by atoms with Gasteiger partial charge in [-0.2, -0.15) is 0 Å². The Balaban J connectivity index is 0.00000137. The van der Waals surface area contributed by atoms with Crippen LogP contribution in [0, 0.1) is 0 Å². The molecule has 2 aliphatic carbocycles. The first-order valence-corrected chi connectivity index (χ1v) is 19.3. The Morgan fingerprint density at radius 1 is 0.471 bits per heavy atom. The molecule has 168 valence electrons. The van der Waals surface area contributed by atoms with E-state index in [0.29, 0.717) is 7.25 Å². The summed E-state index contributed by atoms with van der Waals surface area (Å²) in [6, 6.07) is 41.1. The van der Waals surface area contributed by atoms with E-state index in [4.69, 9.17) is 0 Å². The Morgan fingerprint density at radius 2 is 0.853 bits per heavy atom. The van der Waals surface area contributed by atoms with Gasteiger partial charge >= 0.3 is 199 Å². The molecule has 4 aromatic carbocycles. The first kappa shape index (κ1) is 25.5. The number of rotatable bonds is 4. The van der Waals surface area contributed by atoms with Gasteiger partial charge in [-0.3, -0.25) is 0 Å². The number of hydrogen-bond acceptors (Lipinski definition) is 0. The molecule has 0 aliphatic heterocycles. The van der Waals surface area contributed by atoms with Gasteiger partial charge in [0.05, 0.1) is 0 Å². The minimum absolute atomic E-state index is 0. The van der Waals surface area contributed by atoms with Crippen LogP contribution in [0.3, 0.4) is 0 Å². The molecule has 2 unspecified atom stereocenters. The molecule has 0 radical (unpaired) electrons. The maximum absolute atomic E-state index is 2.56. The van der Waals surface area contributed by atoms with E-state index in [1.807, 2.05) is 0 Å². The third-order valence-corrected chi connectivity index (χ3v) is 27.0. The monoisotopic (exact) mass is 662 g/mol. The second-order valence-electron chi connectivity index (χ2n) is 8.49. The average molecular weight is 666 g/mol. The summed E-state index contributed by atoms with van der Waals surface area (Å²) in [5.74, 6) is 0. The molecule has 0 fully saturated rings. The van der Waals surface area contributed by atoms with Gasteiger partial charge in [0.15, 0.2) is 0 Å². The van der Waals surface area contributed by atoms with Crippen LogP contribution in [0.25, 0.3) is 12.2 Å². The van der Waals surface area contributed by atoms with Crippen molar-refractivity contribution in [2.45, 2.75) is 7.25 Å². The molecule has 0 saturated heterocycles. The third-order valence-electron chi connectivity index (χ3n) is 6.68. The van der Waals surface area contributed by atoms with Gasteiger partial charge in [-0.1, -0.05) is 0 Å². The Bertz CT molecular complexity index is 1270. The van der Waals surface area contributed by atoms with Gasteiger partial charge in [-0.15, -0.1) is 34.0 Å². The van der Waals surface area contributed by atoms with Crippen LogP contribution in [-0.2, 0) is 20.4 Å². The summed E-state index contributed by atoms with van der Waals surface area (Å²) in [4.78, 5) is 0. The summed E-state index contributed by atoms with van der Waals surface area (Å²) in [7, 11) is 0. The molecule has 0 spiro atoms. The van der Waals surface area contributed by atoms with Crippen molar-refractivity contribution >= 4 is 61.9 Å². The van der Waals surface area contributed by atoms with Crippen molar-refractivity contribution in [3.05, 3.63) is 144 Å². The summed E-state index contributed by atoms with van der Waals surface area (Å²) >= 11 is -2.26. The van der Waals surface area contributed by atoms with Crippen molar-refractivity contribution in [2.24, 2.45) is 0 Å². The molecule has 0 aromatic heterocycles. The molecular weight excluding hydrogens is 639 g/mol. The number of fused-ring (bicyclic) bond motifs is 2. The SMILES string of the molecule is Br.Br.C1=C[CH]([Zr]([CH]2C=Cc3ccccc32)=[Si](c2ccccc2)c2ccccc2)c2ccccc21. The number of benzene rings is 4. The number of allylic oxidation sites excluding steroid dienone is 2. The van der Waals surface area contributed by atoms with Gasteiger partial charge in [-0.25, -0.2) is 0 Å². The predicted octanol–water partition coefficient (Wildman–Crippen LogP) is 7.10. The molecular formula is C30H26Br2SiZr. The second-order valence-corrected chi connectivity index (χ2v) is 22.8. The molecule has 0 amide bonds. The van der Waals surface area contributed by atoms with Crippen LogP contribution in [0.5, 0.6) is 0 Å². The van der Waals surface area contributed by atoms with E-state index in [-0.39, 0.29) is 34.0 Å². The fourth-order valence-corrected chi connectivity index (χ4v) is 28.3. The van der Waals surface area contributed by atoms with Crippen LogP contribution in [0.1, 0.15) is 29.5 Å². The van der Waals surface area contributed by atoms with E-state index in [2.05, 4.69) is 133 Å².